The van der Waals surface area contributed by atoms with Gasteiger partial charge in [-0.05, 0) is 56.5 Å². The molecule has 2 heterocycles. The molecule has 1 aromatic heterocycles. The van der Waals surface area contributed by atoms with Crippen molar-refractivity contribution in [1.82, 2.24) is 9.88 Å². The molecule has 6 nitrogen and oxygen atoms in total. The van der Waals surface area contributed by atoms with Crippen LogP contribution in [-0.2, 0) is 11.4 Å². The van der Waals surface area contributed by atoms with Crippen LogP contribution in [0.1, 0.15) is 40.4 Å². The van der Waals surface area contributed by atoms with Crippen molar-refractivity contribution in [1.29, 1.82) is 0 Å². The van der Waals surface area contributed by atoms with E-state index in [1.807, 2.05) is 38.1 Å². The van der Waals surface area contributed by atoms with Crippen LogP contribution in [-0.4, -0.2) is 39.5 Å². The van der Waals surface area contributed by atoms with E-state index in [9.17, 15) is 14.7 Å². The summed E-state index contributed by atoms with van der Waals surface area (Å²) in [4.78, 5) is 29.9. The summed E-state index contributed by atoms with van der Waals surface area (Å²) >= 11 is 0. The Labute approximate surface area is 158 Å². The van der Waals surface area contributed by atoms with E-state index in [4.69, 9.17) is 4.74 Å². The van der Waals surface area contributed by atoms with E-state index in [0.717, 1.165) is 22.4 Å². The highest BCUT2D eigenvalue weighted by atomic mass is 16.5. The number of nitrogens with zero attached hydrogens (tertiary/aromatic N) is 2. The quantitative estimate of drug-likeness (QED) is 0.877. The summed E-state index contributed by atoms with van der Waals surface area (Å²) in [6.45, 7) is 6.50. The number of ether oxygens (including phenoxy) is 1. The lowest BCUT2D eigenvalue weighted by molar-refractivity contribution is -0.142. The lowest BCUT2D eigenvalue weighted by Gasteiger charge is -2.24. The Kier molecular flexibility index (Phi) is 5.44. The van der Waals surface area contributed by atoms with Gasteiger partial charge in [-0.1, -0.05) is 6.07 Å². The van der Waals surface area contributed by atoms with Crippen LogP contribution < -0.4 is 4.74 Å². The van der Waals surface area contributed by atoms with E-state index < -0.39 is 11.9 Å². The minimum Gasteiger partial charge on any atom is -0.488 e. The van der Waals surface area contributed by atoms with Gasteiger partial charge in [-0.25, -0.2) is 0 Å². The van der Waals surface area contributed by atoms with Crippen LogP contribution >= 0.6 is 0 Å². The SMILES string of the molecule is Cc1cc(C(=O)N2CCC(C(=O)O)C2C)cc(C)c1OCc1cccnc1. The Bertz CT molecular complexity index is 828. The average Bonchev–Trinajstić information content (AvgIpc) is 3.02. The van der Waals surface area contributed by atoms with Crippen molar-refractivity contribution in [2.24, 2.45) is 5.92 Å². The van der Waals surface area contributed by atoms with Crippen molar-refractivity contribution < 1.29 is 19.4 Å². The number of carbonyl (C=O) groups excluding carboxylic acids is 1. The standard InChI is InChI=1S/C21H24N2O4/c1-13-9-17(20(24)23-8-6-18(15(23)3)21(25)26)10-14(2)19(13)27-12-16-5-4-7-22-11-16/h4-5,7,9-11,15,18H,6,8,12H2,1-3H3,(H,25,26). The zero-order chi connectivity index (χ0) is 19.6. The molecule has 1 aromatic carbocycles. The first kappa shape index (κ1) is 18.9. The van der Waals surface area contributed by atoms with Gasteiger partial charge in [0.25, 0.3) is 5.91 Å². The zero-order valence-electron chi connectivity index (χ0n) is 15.8. The van der Waals surface area contributed by atoms with Gasteiger partial charge < -0.3 is 14.7 Å². The van der Waals surface area contributed by atoms with Gasteiger partial charge in [-0.3, -0.25) is 14.6 Å². The first-order valence-corrected chi connectivity index (χ1v) is 9.05. The van der Waals surface area contributed by atoms with Crippen LogP contribution in [0.5, 0.6) is 5.75 Å². The summed E-state index contributed by atoms with van der Waals surface area (Å²) < 4.78 is 5.94. The topological polar surface area (TPSA) is 79.7 Å². The summed E-state index contributed by atoms with van der Waals surface area (Å²) in [5, 5.41) is 9.27. The number of carboxylic acid groups (broad SMARTS) is 1. The van der Waals surface area contributed by atoms with Gasteiger partial charge in [-0.15, -0.1) is 0 Å². The van der Waals surface area contributed by atoms with Crippen molar-refractivity contribution in [3.05, 3.63) is 58.9 Å². The number of aryl methyl sites for hydroxylation is 2. The Morgan fingerprint density at radius 2 is 2.00 bits per heavy atom. The van der Waals surface area contributed by atoms with E-state index in [1.165, 1.54) is 0 Å². The molecule has 0 aliphatic carbocycles. The maximum absolute atomic E-state index is 12.9. The molecule has 1 fully saturated rings. The van der Waals surface area contributed by atoms with E-state index in [-0.39, 0.29) is 11.9 Å². The fourth-order valence-corrected chi connectivity index (χ4v) is 3.66. The van der Waals surface area contributed by atoms with Crippen LogP contribution in [0, 0.1) is 19.8 Å². The second kappa shape index (κ2) is 7.78. The Morgan fingerprint density at radius 1 is 1.30 bits per heavy atom. The molecule has 2 unspecified atom stereocenters. The summed E-state index contributed by atoms with van der Waals surface area (Å²) in [6.07, 6.45) is 3.97. The Hall–Kier alpha value is -2.89. The third-order valence-corrected chi connectivity index (χ3v) is 5.15. The highest BCUT2D eigenvalue weighted by Gasteiger charge is 2.38. The molecule has 27 heavy (non-hydrogen) atoms. The van der Waals surface area contributed by atoms with Crippen LogP contribution in [0.25, 0.3) is 0 Å². The Morgan fingerprint density at radius 3 is 2.56 bits per heavy atom. The van der Waals surface area contributed by atoms with Gasteiger partial charge >= 0.3 is 5.97 Å². The maximum Gasteiger partial charge on any atom is 0.308 e. The normalized spacial score (nSPS) is 19.1. The first-order valence-electron chi connectivity index (χ1n) is 9.05. The van der Waals surface area contributed by atoms with Crippen LogP contribution in [0.3, 0.4) is 0 Å². The van der Waals surface area contributed by atoms with Crippen LogP contribution in [0.4, 0.5) is 0 Å². The van der Waals surface area contributed by atoms with Crippen molar-refractivity contribution in [2.75, 3.05) is 6.54 Å². The molecular formula is C21H24N2O4. The molecule has 2 atom stereocenters. The van der Waals surface area contributed by atoms with E-state index in [1.54, 1.807) is 24.2 Å². The molecule has 1 aliphatic heterocycles. The number of hydrogen-bond donors (Lipinski definition) is 1. The predicted molar refractivity (Wildman–Crippen MR) is 101 cm³/mol. The summed E-state index contributed by atoms with van der Waals surface area (Å²) in [7, 11) is 0. The van der Waals surface area contributed by atoms with Gasteiger partial charge in [0.15, 0.2) is 0 Å². The molecule has 6 heteroatoms. The lowest BCUT2D eigenvalue weighted by Crippen LogP contribution is -2.37. The van der Waals surface area contributed by atoms with Gasteiger partial charge in [0.1, 0.15) is 12.4 Å². The van der Waals surface area contributed by atoms with Gasteiger partial charge in [0.05, 0.1) is 5.92 Å². The molecule has 3 rings (SSSR count). The molecular weight excluding hydrogens is 344 g/mol. The van der Waals surface area contributed by atoms with E-state index in [2.05, 4.69) is 4.98 Å². The third kappa shape index (κ3) is 3.94. The molecule has 1 N–H and O–H groups in total. The number of benzene rings is 1. The predicted octanol–water partition coefficient (Wildman–Crippen LogP) is 3.21. The number of likely N-dealkylation sites (tertiary alicyclic amines) is 1. The smallest absolute Gasteiger partial charge is 0.308 e. The fourth-order valence-electron chi connectivity index (χ4n) is 3.66. The lowest BCUT2D eigenvalue weighted by atomic mass is 10.0. The largest absolute Gasteiger partial charge is 0.488 e. The summed E-state index contributed by atoms with van der Waals surface area (Å²) in [6, 6.07) is 7.13. The number of amides is 1. The van der Waals surface area contributed by atoms with Crippen molar-refractivity contribution in [3.8, 4) is 5.75 Å². The van der Waals surface area contributed by atoms with Gasteiger partial charge in [0, 0.05) is 36.1 Å². The molecule has 142 valence electrons. The van der Waals surface area contributed by atoms with Gasteiger partial charge in [-0.2, -0.15) is 0 Å². The monoisotopic (exact) mass is 368 g/mol. The molecule has 0 radical (unpaired) electrons. The van der Waals surface area contributed by atoms with Crippen LogP contribution in [0.2, 0.25) is 0 Å². The second-order valence-corrected chi connectivity index (χ2v) is 7.06. The highest BCUT2D eigenvalue weighted by molar-refractivity contribution is 5.95. The van der Waals surface area contributed by atoms with Crippen molar-refractivity contribution >= 4 is 11.9 Å². The molecule has 0 spiro atoms. The molecule has 1 aliphatic rings. The van der Waals surface area contributed by atoms with Crippen molar-refractivity contribution in [2.45, 2.75) is 39.8 Å². The average molecular weight is 368 g/mol. The first-order chi connectivity index (χ1) is 12.9. The van der Waals surface area contributed by atoms with E-state index >= 15 is 0 Å². The number of carboxylic acids is 1. The second-order valence-electron chi connectivity index (χ2n) is 7.06. The number of rotatable bonds is 5. The number of aliphatic carboxylic acids is 1. The number of hydrogen-bond acceptors (Lipinski definition) is 4. The molecule has 1 amide bonds. The summed E-state index contributed by atoms with van der Waals surface area (Å²) in [5.74, 6) is -0.716. The molecule has 0 saturated carbocycles. The number of pyridine rings is 1. The van der Waals surface area contributed by atoms with E-state index in [0.29, 0.717) is 25.1 Å². The van der Waals surface area contributed by atoms with Crippen LogP contribution in [0.15, 0.2) is 36.7 Å². The third-order valence-electron chi connectivity index (χ3n) is 5.15. The van der Waals surface area contributed by atoms with Gasteiger partial charge in [0.2, 0.25) is 0 Å². The number of aromatic nitrogens is 1. The zero-order valence-corrected chi connectivity index (χ0v) is 15.8. The molecule has 0 bridgehead atoms. The highest BCUT2D eigenvalue weighted by Crippen LogP contribution is 2.30. The minimum absolute atomic E-state index is 0.128. The fraction of sp³-hybridized carbons (Fsp3) is 0.381. The van der Waals surface area contributed by atoms with Crippen molar-refractivity contribution in [3.63, 3.8) is 0 Å². The Balaban J connectivity index is 1.76. The number of carbonyl (C=O) groups is 2. The minimum atomic E-state index is -0.843. The summed E-state index contributed by atoms with van der Waals surface area (Å²) in [5.41, 5.74) is 3.30. The molecule has 1 saturated heterocycles. The maximum atomic E-state index is 12.9. The molecule has 2 aromatic rings.